The second-order valence-electron chi connectivity index (χ2n) is 3.17. The molecule has 0 unspecified atom stereocenters. The van der Waals surface area contributed by atoms with Crippen molar-refractivity contribution in [2.24, 2.45) is 0 Å². The van der Waals surface area contributed by atoms with Crippen LogP contribution in [0.15, 0.2) is 9.85 Å². The minimum atomic E-state index is 1.06. The number of fused-ring (bicyclic) bond motifs is 3. The molecule has 3 heterocycles. The van der Waals surface area contributed by atoms with Gasteiger partial charge in [0.1, 0.15) is 0 Å². The van der Waals surface area contributed by atoms with Gasteiger partial charge in [0.2, 0.25) is 0 Å². The van der Waals surface area contributed by atoms with Crippen LogP contribution in [0.25, 0.3) is 9.40 Å². The van der Waals surface area contributed by atoms with Gasteiger partial charge in [-0.2, -0.15) is 0 Å². The summed E-state index contributed by atoms with van der Waals surface area (Å²) in [6.45, 7) is 2.20. The van der Waals surface area contributed by atoms with E-state index in [1.54, 1.807) is 10.4 Å². The number of thiophene rings is 2. The molecule has 68 valence electrons. The van der Waals surface area contributed by atoms with E-state index in [9.17, 15) is 0 Å². The van der Waals surface area contributed by atoms with Crippen LogP contribution in [0.5, 0.6) is 0 Å². The molecule has 0 spiro atoms. The van der Waals surface area contributed by atoms with Gasteiger partial charge in [-0.25, -0.2) is 0 Å². The lowest BCUT2D eigenvalue weighted by atomic mass is 10.1. The molecule has 0 amide bonds. The molecule has 0 saturated heterocycles. The second kappa shape index (κ2) is 3.05. The van der Waals surface area contributed by atoms with Gasteiger partial charge in [0.25, 0.3) is 0 Å². The summed E-state index contributed by atoms with van der Waals surface area (Å²) in [6.07, 6.45) is 1.21. The Balaban J connectivity index is 2.30. The lowest BCUT2D eigenvalue weighted by molar-refractivity contribution is 0.656. The van der Waals surface area contributed by atoms with E-state index in [4.69, 9.17) is 0 Å². The summed E-state index contributed by atoms with van der Waals surface area (Å²) in [6, 6.07) is 2.24. The summed E-state index contributed by atoms with van der Waals surface area (Å²) in [4.78, 5) is 1.59. The van der Waals surface area contributed by atoms with Crippen molar-refractivity contribution in [2.75, 3.05) is 6.54 Å². The average Bonchev–Trinajstić information content (AvgIpc) is 2.60. The van der Waals surface area contributed by atoms with E-state index < -0.39 is 0 Å². The molecular weight excluding hydrogens is 266 g/mol. The van der Waals surface area contributed by atoms with E-state index in [1.807, 2.05) is 22.7 Å². The van der Waals surface area contributed by atoms with Crippen LogP contribution in [-0.4, -0.2) is 6.54 Å². The monoisotopic (exact) mass is 273 g/mol. The Labute approximate surface area is 92.9 Å². The van der Waals surface area contributed by atoms with Gasteiger partial charge in [-0.1, -0.05) is 0 Å². The first-order valence-corrected chi connectivity index (χ1v) is 6.67. The van der Waals surface area contributed by atoms with Crippen molar-refractivity contribution in [2.45, 2.75) is 13.0 Å². The Bertz CT molecular complexity index is 457. The topological polar surface area (TPSA) is 12.0 Å². The standard InChI is InChI=1S/C9H8BrNS2/c10-8-3-7-9(13-8)5-4-11-2-1-6(5)12-7/h3,11H,1-2,4H2. The lowest BCUT2D eigenvalue weighted by Gasteiger charge is -2.11. The fraction of sp³-hybridized carbons (Fsp3) is 0.333. The fourth-order valence-corrected chi connectivity index (χ4v) is 5.01. The summed E-state index contributed by atoms with van der Waals surface area (Å²) in [5.74, 6) is 0. The largest absolute Gasteiger partial charge is 0.312 e. The molecule has 0 bridgehead atoms. The van der Waals surface area contributed by atoms with Crippen molar-refractivity contribution in [3.63, 3.8) is 0 Å². The normalized spacial score (nSPS) is 16.4. The molecule has 1 N–H and O–H groups in total. The van der Waals surface area contributed by atoms with Crippen LogP contribution >= 0.6 is 38.6 Å². The van der Waals surface area contributed by atoms with Gasteiger partial charge in [0.15, 0.2) is 0 Å². The summed E-state index contributed by atoms with van der Waals surface area (Å²) < 4.78 is 4.19. The maximum Gasteiger partial charge on any atom is 0.0719 e. The number of hydrogen-bond donors (Lipinski definition) is 1. The predicted octanol–water partition coefficient (Wildman–Crippen LogP) is 3.37. The Hall–Kier alpha value is 0.1000. The third-order valence-corrected chi connectivity index (χ3v) is 5.41. The zero-order valence-corrected chi connectivity index (χ0v) is 10.1. The molecule has 1 aliphatic rings. The highest BCUT2D eigenvalue weighted by molar-refractivity contribution is 9.11. The first kappa shape index (κ1) is 8.41. The van der Waals surface area contributed by atoms with Crippen LogP contribution < -0.4 is 5.32 Å². The van der Waals surface area contributed by atoms with E-state index in [-0.39, 0.29) is 0 Å². The van der Waals surface area contributed by atoms with Gasteiger partial charge in [-0.05, 0) is 34.0 Å². The molecule has 2 aromatic heterocycles. The Kier molecular flexibility index (Phi) is 1.98. The molecular formula is C9H8BrNS2. The third kappa shape index (κ3) is 1.28. The van der Waals surface area contributed by atoms with Crippen molar-refractivity contribution in [1.29, 1.82) is 0 Å². The number of hydrogen-bond acceptors (Lipinski definition) is 3. The fourth-order valence-electron chi connectivity index (χ4n) is 1.75. The zero-order chi connectivity index (χ0) is 8.84. The molecule has 13 heavy (non-hydrogen) atoms. The quantitative estimate of drug-likeness (QED) is 0.776. The predicted molar refractivity (Wildman–Crippen MR) is 62.8 cm³/mol. The average molecular weight is 274 g/mol. The highest BCUT2D eigenvalue weighted by atomic mass is 79.9. The van der Waals surface area contributed by atoms with Gasteiger partial charge in [0, 0.05) is 22.7 Å². The van der Waals surface area contributed by atoms with Crippen LogP contribution in [0, 0.1) is 0 Å². The maximum atomic E-state index is 3.54. The molecule has 3 rings (SSSR count). The van der Waals surface area contributed by atoms with Crippen molar-refractivity contribution in [3.05, 3.63) is 20.3 Å². The molecule has 0 saturated carbocycles. The van der Waals surface area contributed by atoms with Crippen molar-refractivity contribution in [3.8, 4) is 0 Å². The Morgan fingerprint density at radius 3 is 3.23 bits per heavy atom. The van der Waals surface area contributed by atoms with Gasteiger partial charge < -0.3 is 5.32 Å². The Morgan fingerprint density at radius 2 is 2.31 bits per heavy atom. The van der Waals surface area contributed by atoms with Crippen LogP contribution in [0.2, 0.25) is 0 Å². The SMILES string of the molecule is Brc1cc2sc3c(c2s1)CNCC3. The molecule has 0 aromatic carbocycles. The van der Waals surface area contributed by atoms with Crippen LogP contribution in [-0.2, 0) is 13.0 Å². The van der Waals surface area contributed by atoms with Crippen molar-refractivity contribution < 1.29 is 0 Å². The summed E-state index contributed by atoms with van der Waals surface area (Å²) in [5.41, 5.74) is 1.54. The molecule has 0 aliphatic carbocycles. The highest BCUT2D eigenvalue weighted by Gasteiger charge is 2.16. The van der Waals surface area contributed by atoms with E-state index in [0.717, 1.165) is 13.1 Å². The summed E-state index contributed by atoms with van der Waals surface area (Å²) >= 11 is 7.36. The first-order chi connectivity index (χ1) is 6.34. The summed E-state index contributed by atoms with van der Waals surface area (Å²) in [5, 5.41) is 3.43. The minimum Gasteiger partial charge on any atom is -0.312 e. The van der Waals surface area contributed by atoms with Crippen LogP contribution in [0.4, 0.5) is 0 Å². The lowest BCUT2D eigenvalue weighted by Crippen LogP contribution is -2.21. The van der Waals surface area contributed by atoms with Crippen LogP contribution in [0.1, 0.15) is 10.4 Å². The van der Waals surface area contributed by atoms with Gasteiger partial charge in [-0.15, -0.1) is 22.7 Å². The number of rotatable bonds is 0. The van der Waals surface area contributed by atoms with Gasteiger partial charge in [0.05, 0.1) is 8.49 Å². The molecule has 4 heteroatoms. The van der Waals surface area contributed by atoms with Gasteiger partial charge >= 0.3 is 0 Å². The molecule has 1 nitrogen and oxygen atoms in total. The number of nitrogens with one attached hydrogen (secondary N) is 1. The molecule has 1 aliphatic heterocycles. The molecule has 0 atom stereocenters. The zero-order valence-electron chi connectivity index (χ0n) is 6.89. The summed E-state index contributed by atoms with van der Waals surface area (Å²) in [7, 11) is 0. The van der Waals surface area contributed by atoms with Gasteiger partial charge in [-0.3, -0.25) is 0 Å². The Morgan fingerprint density at radius 1 is 1.38 bits per heavy atom. The van der Waals surface area contributed by atoms with E-state index in [2.05, 4.69) is 27.3 Å². The molecule has 2 aromatic rings. The minimum absolute atomic E-state index is 1.06. The second-order valence-corrected chi connectivity index (χ2v) is 6.74. The van der Waals surface area contributed by atoms with Crippen molar-refractivity contribution in [1.82, 2.24) is 5.32 Å². The van der Waals surface area contributed by atoms with Crippen LogP contribution in [0.3, 0.4) is 0 Å². The van der Waals surface area contributed by atoms with Crippen molar-refractivity contribution >= 4 is 48.0 Å². The highest BCUT2D eigenvalue weighted by Crippen LogP contribution is 2.40. The van der Waals surface area contributed by atoms with E-state index >= 15 is 0 Å². The maximum absolute atomic E-state index is 3.54. The smallest absolute Gasteiger partial charge is 0.0719 e. The third-order valence-electron chi connectivity index (χ3n) is 2.34. The molecule has 0 radical (unpaired) electrons. The van der Waals surface area contributed by atoms with E-state index in [0.29, 0.717) is 0 Å². The number of halogens is 1. The van der Waals surface area contributed by atoms with E-state index in [1.165, 1.54) is 19.6 Å². The first-order valence-electron chi connectivity index (χ1n) is 4.25. The molecule has 0 fully saturated rings.